The first kappa shape index (κ1) is 24.9. The van der Waals surface area contributed by atoms with Gasteiger partial charge in [0.15, 0.2) is 17.9 Å². The van der Waals surface area contributed by atoms with Gasteiger partial charge in [-0.1, -0.05) is 37.1 Å². The summed E-state index contributed by atoms with van der Waals surface area (Å²) in [6.45, 7) is 2.13. The molecule has 0 radical (unpaired) electrons. The molecule has 4 heterocycles. The molecule has 3 aliphatic rings. The van der Waals surface area contributed by atoms with Gasteiger partial charge in [0.25, 0.3) is 0 Å². The molecule has 1 fully saturated rings. The summed E-state index contributed by atoms with van der Waals surface area (Å²) in [7, 11) is 0. The Balaban J connectivity index is 0.000000137. The SMILES string of the molecule is C1=COCCC1.Fc1cc(Br)cc2c1N=NC2.Fc1cc(Br)cc2c1nnn2C1CCCCO1. The van der Waals surface area contributed by atoms with Gasteiger partial charge in [-0.3, -0.25) is 0 Å². The number of benzene rings is 2. The van der Waals surface area contributed by atoms with Crippen LogP contribution in [-0.2, 0) is 16.0 Å². The summed E-state index contributed by atoms with van der Waals surface area (Å²) in [5.74, 6) is -0.674. The van der Waals surface area contributed by atoms with E-state index >= 15 is 0 Å². The number of ether oxygens (including phenoxy) is 2. The molecule has 34 heavy (non-hydrogen) atoms. The highest BCUT2D eigenvalue weighted by molar-refractivity contribution is 9.10. The minimum absolute atomic E-state index is 0.123. The molecule has 7 nitrogen and oxygen atoms in total. The van der Waals surface area contributed by atoms with Crippen molar-refractivity contribution in [3.05, 3.63) is 62.7 Å². The average Bonchev–Trinajstić information content (AvgIpc) is 3.49. The normalized spacial score (nSPS) is 18.4. The van der Waals surface area contributed by atoms with E-state index in [2.05, 4.69) is 52.4 Å². The number of halogens is 4. The van der Waals surface area contributed by atoms with E-state index in [1.165, 1.54) is 25.0 Å². The predicted molar refractivity (Wildman–Crippen MR) is 131 cm³/mol. The van der Waals surface area contributed by atoms with E-state index in [4.69, 9.17) is 9.47 Å². The number of fused-ring (bicyclic) bond motifs is 2. The molecule has 0 spiro atoms. The van der Waals surface area contributed by atoms with Crippen LogP contribution in [0.15, 0.2) is 55.8 Å². The number of nitrogens with zero attached hydrogens (tertiary/aromatic N) is 5. The minimum atomic E-state index is -0.364. The van der Waals surface area contributed by atoms with Crippen molar-refractivity contribution in [2.24, 2.45) is 10.2 Å². The Bertz CT molecular complexity index is 1190. The van der Waals surface area contributed by atoms with Crippen LogP contribution in [0.1, 0.15) is 43.9 Å². The van der Waals surface area contributed by atoms with E-state index in [9.17, 15) is 8.78 Å². The van der Waals surface area contributed by atoms with Gasteiger partial charge in [0.1, 0.15) is 11.2 Å². The number of allylic oxidation sites excluding steroid dienone is 1. The van der Waals surface area contributed by atoms with Crippen molar-refractivity contribution in [1.82, 2.24) is 15.0 Å². The van der Waals surface area contributed by atoms with Gasteiger partial charge in [-0.2, -0.15) is 10.2 Å². The monoisotopic (exact) mass is 597 g/mol. The molecule has 0 aliphatic carbocycles. The smallest absolute Gasteiger partial charge is 0.154 e. The quantitative estimate of drug-likeness (QED) is 0.290. The van der Waals surface area contributed by atoms with E-state index in [-0.39, 0.29) is 17.9 Å². The topological polar surface area (TPSA) is 73.9 Å². The lowest BCUT2D eigenvalue weighted by atomic mass is 10.2. The van der Waals surface area contributed by atoms with Gasteiger partial charge in [-0.15, -0.1) is 5.10 Å². The third-order valence-corrected chi connectivity index (χ3v) is 6.18. The van der Waals surface area contributed by atoms with Crippen LogP contribution in [0.4, 0.5) is 14.5 Å². The molecule has 1 aromatic heterocycles. The van der Waals surface area contributed by atoms with Gasteiger partial charge >= 0.3 is 0 Å². The van der Waals surface area contributed by atoms with Crippen LogP contribution in [0.3, 0.4) is 0 Å². The number of hydrogen-bond donors (Lipinski definition) is 0. The van der Waals surface area contributed by atoms with Gasteiger partial charge in [0, 0.05) is 21.1 Å². The van der Waals surface area contributed by atoms with Crippen molar-refractivity contribution in [2.75, 3.05) is 13.2 Å². The zero-order chi connectivity index (χ0) is 23.9. The fraction of sp³-hybridized carbons (Fsp3) is 0.391. The predicted octanol–water partition coefficient (Wildman–Crippen LogP) is 7.53. The molecular weight excluding hydrogens is 576 g/mol. The van der Waals surface area contributed by atoms with E-state index in [1.54, 1.807) is 10.9 Å². The van der Waals surface area contributed by atoms with Crippen LogP contribution in [0, 0.1) is 11.6 Å². The number of azo groups is 1. The molecule has 0 saturated carbocycles. The molecule has 1 unspecified atom stereocenters. The number of hydrogen-bond acceptors (Lipinski definition) is 6. The highest BCUT2D eigenvalue weighted by Crippen LogP contribution is 2.32. The molecule has 0 N–H and O–H groups in total. The Labute approximate surface area is 212 Å². The first-order chi connectivity index (χ1) is 16.5. The van der Waals surface area contributed by atoms with Crippen molar-refractivity contribution < 1.29 is 18.3 Å². The zero-order valence-corrected chi connectivity index (χ0v) is 21.4. The zero-order valence-electron chi connectivity index (χ0n) is 18.3. The summed E-state index contributed by atoms with van der Waals surface area (Å²) in [6, 6.07) is 6.43. The Morgan fingerprint density at radius 3 is 2.47 bits per heavy atom. The molecular formula is C23H23Br2F2N5O2. The van der Waals surface area contributed by atoms with Gasteiger partial charge in [-0.25, -0.2) is 13.5 Å². The fourth-order valence-electron chi connectivity index (χ4n) is 3.62. The van der Waals surface area contributed by atoms with Crippen molar-refractivity contribution in [3.63, 3.8) is 0 Å². The second kappa shape index (κ2) is 11.9. The summed E-state index contributed by atoms with van der Waals surface area (Å²) >= 11 is 6.47. The molecule has 2 aromatic carbocycles. The van der Waals surface area contributed by atoms with Crippen LogP contribution >= 0.6 is 31.9 Å². The van der Waals surface area contributed by atoms with Crippen LogP contribution in [-0.4, -0.2) is 28.2 Å². The van der Waals surface area contributed by atoms with Gasteiger partial charge in [0.05, 0.1) is 24.9 Å². The maximum atomic E-state index is 13.6. The summed E-state index contributed by atoms with van der Waals surface area (Å²) in [5, 5.41) is 15.3. The van der Waals surface area contributed by atoms with E-state index in [0.29, 0.717) is 27.7 Å². The molecule has 180 valence electrons. The van der Waals surface area contributed by atoms with Crippen molar-refractivity contribution >= 4 is 48.6 Å². The second-order valence-electron chi connectivity index (χ2n) is 7.79. The Kier molecular flexibility index (Phi) is 8.74. The summed E-state index contributed by atoms with van der Waals surface area (Å²) < 4.78 is 40.2. The van der Waals surface area contributed by atoms with E-state index in [1.807, 2.05) is 18.2 Å². The van der Waals surface area contributed by atoms with Gasteiger partial charge in [-0.05, 0) is 62.4 Å². The van der Waals surface area contributed by atoms with E-state index < -0.39 is 0 Å². The lowest BCUT2D eigenvalue weighted by Gasteiger charge is -2.22. The highest BCUT2D eigenvalue weighted by Gasteiger charge is 2.20. The summed E-state index contributed by atoms with van der Waals surface area (Å²) in [6.07, 6.45) is 9.14. The Hall–Kier alpha value is -2.24. The van der Waals surface area contributed by atoms with Crippen molar-refractivity contribution in [1.29, 1.82) is 0 Å². The Morgan fingerprint density at radius 2 is 1.79 bits per heavy atom. The van der Waals surface area contributed by atoms with Crippen LogP contribution < -0.4 is 0 Å². The van der Waals surface area contributed by atoms with Crippen LogP contribution in [0.5, 0.6) is 0 Å². The molecule has 1 saturated heterocycles. The third-order valence-electron chi connectivity index (χ3n) is 5.27. The maximum Gasteiger partial charge on any atom is 0.154 e. The highest BCUT2D eigenvalue weighted by atomic mass is 79.9. The second-order valence-corrected chi connectivity index (χ2v) is 9.62. The molecule has 3 aromatic rings. The maximum absolute atomic E-state index is 13.6. The van der Waals surface area contributed by atoms with Gasteiger partial charge < -0.3 is 9.47 Å². The molecule has 0 amide bonds. The molecule has 1 atom stereocenters. The average molecular weight is 599 g/mol. The first-order valence-electron chi connectivity index (χ1n) is 11.0. The lowest BCUT2D eigenvalue weighted by Crippen LogP contribution is -2.19. The lowest BCUT2D eigenvalue weighted by molar-refractivity contribution is -0.0377. The summed E-state index contributed by atoms with van der Waals surface area (Å²) in [5.41, 5.74) is 2.19. The van der Waals surface area contributed by atoms with E-state index in [0.717, 1.165) is 42.5 Å². The largest absolute Gasteiger partial charge is 0.502 e. The third kappa shape index (κ3) is 6.25. The molecule has 6 rings (SSSR count). The minimum Gasteiger partial charge on any atom is -0.502 e. The first-order valence-corrected chi connectivity index (χ1v) is 12.5. The fourth-order valence-corrected chi connectivity index (χ4v) is 4.51. The standard InChI is InChI=1S/C11H11BrFN3O.C7H4BrFN2.C5H8O/c12-7-5-8(13)11-9(6-7)16(15-14-11)10-3-1-2-4-17-10;8-5-1-4-3-10-11-7(4)6(9)2-5;1-2-4-6-5-3-1/h5-6,10H,1-4H2;1-2H,3H2;2,4H,1,3,5H2. The molecule has 3 aliphatic heterocycles. The Morgan fingerprint density at radius 1 is 0.971 bits per heavy atom. The van der Waals surface area contributed by atoms with Crippen LogP contribution in [0.25, 0.3) is 11.0 Å². The number of aromatic nitrogens is 3. The summed E-state index contributed by atoms with van der Waals surface area (Å²) in [4.78, 5) is 0. The van der Waals surface area contributed by atoms with Gasteiger partial charge in [0.2, 0.25) is 0 Å². The molecule has 0 bridgehead atoms. The number of rotatable bonds is 1. The molecule has 11 heteroatoms. The van der Waals surface area contributed by atoms with Crippen molar-refractivity contribution in [3.8, 4) is 0 Å². The van der Waals surface area contributed by atoms with Crippen molar-refractivity contribution in [2.45, 2.75) is 44.9 Å². The van der Waals surface area contributed by atoms with Crippen LogP contribution in [0.2, 0.25) is 0 Å².